The van der Waals surface area contributed by atoms with Crippen molar-refractivity contribution in [2.45, 2.75) is 39.2 Å². The minimum absolute atomic E-state index is 0.245. The molecule has 0 amide bonds. The predicted octanol–water partition coefficient (Wildman–Crippen LogP) is 2.68. The van der Waals surface area contributed by atoms with E-state index in [0.717, 1.165) is 13.0 Å². The monoisotopic (exact) mass is 247 g/mol. The summed E-state index contributed by atoms with van der Waals surface area (Å²) in [5, 5.41) is 12.1. The highest BCUT2D eigenvalue weighted by Gasteiger charge is 2.28. The zero-order valence-electron chi connectivity index (χ0n) is 11.1. The Balaban J connectivity index is 1.97. The fourth-order valence-electron chi connectivity index (χ4n) is 2.77. The SMILES string of the molecule is Cc1ccc2c(c1)C(NCCCC(=O)O)C(C)C2. The van der Waals surface area contributed by atoms with Gasteiger partial charge in [0.15, 0.2) is 0 Å². The summed E-state index contributed by atoms with van der Waals surface area (Å²) in [6.45, 7) is 5.14. The van der Waals surface area contributed by atoms with Gasteiger partial charge in [-0.1, -0.05) is 30.7 Å². The van der Waals surface area contributed by atoms with Gasteiger partial charge in [-0.3, -0.25) is 4.79 Å². The number of aryl methyl sites for hydroxylation is 1. The van der Waals surface area contributed by atoms with Crippen LogP contribution in [0.4, 0.5) is 0 Å². The molecule has 0 fully saturated rings. The van der Waals surface area contributed by atoms with Crippen molar-refractivity contribution >= 4 is 5.97 Å². The van der Waals surface area contributed by atoms with Gasteiger partial charge in [0.25, 0.3) is 0 Å². The van der Waals surface area contributed by atoms with Crippen molar-refractivity contribution in [2.75, 3.05) is 6.54 Å². The minimum atomic E-state index is -0.715. The molecule has 2 unspecified atom stereocenters. The van der Waals surface area contributed by atoms with Gasteiger partial charge in [0.05, 0.1) is 0 Å². The van der Waals surface area contributed by atoms with E-state index in [0.29, 0.717) is 18.4 Å². The van der Waals surface area contributed by atoms with Crippen LogP contribution in [0.15, 0.2) is 18.2 Å². The van der Waals surface area contributed by atoms with Crippen LogP contribution in [-0.4, -0.2) is 17.6 Å². The molecule has 0 aliphatic heterocycles. The van der Waals surface area contributed by atoms with Crippen molar-refractivity contribution in [3.63, 3.8) is 0 Å². The Kier molecular flexibility index (Phi) is 4.02. The molecule has 0 bridgehead atoms. The summed E-state index contributed by atoms with van der Waals surface area (Å²) >= 11 is 0. The van der Waals surface area contributed by atoms with Crippen LogP contribution in [0.3, 0.4) is 0 Å². The van der Waals surface area contributed by atoms with E-state index in [1.54, 1.807) is 0 Å². The van der Waals surface area contributed by atoms with Crippen molar-refractivity contribution in [3.8, 4) is 0 Å². The molecule has 2 N–H and O–H groups in total. The summed E-state index contributed by atoms with van der Waals surface area (Å²) in [5.41, 5.74) is 4.13. The maximum atomic E-state index is 10.5. The van der Waals surface area contributed by atoms with Crippen LogP contribution in [0.5, 0.6) is 0 Å². The van der Waals surface area contributed by atoms with Gasteiger partial charge < -0.3 is 10.4 Å². The Morgan fingerprint density at radius 1 is 1.50 bits per heavy atom. The minimum Gasteiger partial charge on any atom is -0.481 e. The first-order chi connectivity index (χ1) is 8.58. The first kappa shape index (κ1) is 13.1. The summed E-state index contributed by atoms with van der Waals surface area (Å²) < 4.78 is 0. The molecular formula is C15H21NO2. The fourth-order valence-corrected chi connectivity index (χ4v) is 2.77. The number of nitrogens with one attached hydrogen (secondary N) is 1. The van der Waals surface area contributed by atoms with E-state index < -0.39 is 5.97 Å². The average molecular weight is 247 g/mol. The van der Waals surface area contributed by atoms with Crippen molar-refractivity contribution in [2.24, 2.45) is 5.92 Å². The molecule has 3 nitrogen and oxygen atoms in total. The molecule has 2 atom stereocenters. The van der Waals surface area contributed by atoms with Gasteiger partial charge in [-0.05, 0) is 43.4 Å². The van der Waals surface area contributed by atoms with Gasteiger partial charge in [-0.15, -0.1) is 0 Å². The van der Waals surface area contributed by atoms with E-state index >= 15 is 0 Å². The molecule has 0 heterocycles. The van der Waals surface area contributed by atoms with E-state index in [-0.39, 0.29) is 6.42 Å². The normalized spacial score (nSPS) is 21.9. The molecule has 0 radical (unpaired) electrons. The maximum Gasteiger partial charge on any atom is 0.303 e. The molecule has 2 rings (SSSR count). The first-order valence-electron chi connectivity index (χ1n) is 6.62. The number of carbonyl (C=O) groups is 1. The van der Waals surface area contributed by atoms with Crippen LogP contribution in [0.25, 0.3) is 0 Å². The molecule has 0 saturated heterocycles. The third kappa shape index (κ3) is 2.91. The van der Waals surface area contributed by atoms with Gasteiger partial charge in [0, 0.05) is 12.5 Å². The smallest absolute Gasteiger partial charge is 0.303 e. The number of carboxylic acid groups (broad SMARTS) is 1. The Morgan fingerprint density at radius 3 is 3.00 bits per heavy atom. The highest BCUT2D eigenvalue weighted by atomic mass is 16.4. The molecule has 0 aromatic heterocycles. The van der Waals surface area contributed by atoms with E-state index in [1.165, 1.54) is 16.7 Å². The van der Waals surface area contributed by atoms with E-state index in [4.69, 9.17) is 5.11 Å². The fraction of sp³-hybridized carbons (Fsp3) is 0.533. The molecule has 98 valence electrons. The molecule has 0 saturated carbocycles. The second-order valence-corrected chi connectivity index (χ2v) is 5.31. The number of benzene rings is 1. The van der Waals surface area contributed by atoms with E-state index in [2.05, 4.69) is 37.4 Å². The topological polar surface area (TPSA) is 49.3 Å². The molecular weight excluding hydrogens is 226 g/mol. The number of hydrogen-bond acceptors (Lipinski definition) is 2. The van der Waals surface area contributed by atoms with Crippen LogP contribution in [0, 0.1) is 12.8 Å². The van der Waals surface area contributed by atoms with Gasteiger partial charge in [0.2, 0.25) is 0 Å². The Morgan fingerprint density at radius 2 is 2.28 bits per heavy atom. The molecule has 1 aliphatic carbocycles. The Labute approximate surface area is 108 Å². The zero-order chi connectivity index (χ0) is 13.1. The Bertz CT molecular complexity index is 442. The van der Waals surface area contributed by atoms with Crippen LogP contribution in [0.1, 0.15) is 42.5 Å². The largest absolute Gasteiger partial charge is 0.481 e. The molecule has 1 aliphatic rings. The highest BCUT2D eigenvalue weighted by Crippen LogP contribution is 2.36. The summed E-state index contributed by atoms with van der Waals surface area (Å²) in [7, 11) is 0. The molecule has 18 heavy (non-hydrogen) atoms. The second kappa shape index (κ2) is 5.53. The van der Waals surface area contributed by atoms with Crippen LogP contribution in [-0.2, 0) is 11.2 Å². The lowest BCUT2D eigenvalue weighted by molar-refractivity contribution is -0.137. The maximum absolute atomic E-state index is 10.5. The quantitative estimate of drug-likeness (QED) is 0.786. The third-order valence-electron chi connectivity index (χ3n) is 3.68. The van der Waals surface area contributed by atoms with Crippen molar-refractivity contribution in [1.29, 1.82) is 0 Å². The first-order valence-corrected chi connectivity index (χ1v) is 6.62. The summed E-state index contributed by atoms with van der Waals surface area (Å²) in [6, 6.07) is 7.03. The zero-order valence-corrected chi connectivity index (χ0v) is 11.1. The number of aliphatic carboxylic acids is 1. The van der Waals surface area contributed by atoms with Gasteiger partial charge in [-0.25, -0.2) is 0 Å². The highest BCUT2D eigenvalue weighted by molar-refractivity contribution is 5.66. The van der Waals surface area contributed by atoms with Crippen molar-refractivity contribution in [3.05, 3.63) is 34.9 Å². The van der Waals surface area contributed by atoms with Crippen molar-refractivity contribution < 1.29 is 9.90 Å². The Hall–Kier alpha value is -1.35. The number of carboxylic acids is 1. The number of rotatable bonds is 5. The summed E-state index contributed by atoms with van der Waals surface area (Å²) in [4.78, 5) is 10.5. The van der Waals surface area contributed by atoms with Gasteiger partial charge in [-0.2, -0.15) is 0 Å². The lowest BCUT2D eigenvalue weighted by Crippen LogP contribution is -2.25. The standard InChI is InChI=1S/C15H21NO2/c1-10-5-6-12-9-11(2)15(13(12)8-10)16-7-3-4-14(17)18/h5-6,8,11,15-16H,3-4,7,9H2,1-2H3,(H,17,18). The van der Waals surface area contributed by atoms with Gasteiger partial charge >= 0.3 is 5.97 Å². The molecule has 1 aromatic carbocycles. The summed E-state index contributed by atoms with van der Waals surface area (Å²) in [5.74, 6) is -0.126. The second-order valence-electron chi connectivity index (χ2n) is 5.31. The lowest BCUT2D eigenvalue weighted by Gasteiger charge is -2.18. The lowest BCUT2D eigenvalue weighted by atomic mass is 10.0. The molecule has 1 aromatic rings. The van der Waals surface area contributed by atoms with Crippen molar-refractivity contribution in [1.82, 2.24) is 5.32 Å². The van der Waals surface area contributed by atoms with Crippen LogP contribution >= 0.6 is 0 Å². The van der Waals surface area contributed by atoms with Crippen LogP contribution < -0.4 is 5.32 Å². The molecule has 0 spiro atoms. The third-order valence-corrected chi connectivity index (χ3v) is 3.68. The molecule has 3 heteroatoms. The van der Waals surface area contributed by atoms with Crippen LogP contribution in [0.2, 0.25) is 0 Å². The number of fused-ring (bicyclic) bond motifs is 1. The number of hydrogen-bond donors (Lipinski definition) is 2. The average Bonchev–Trinajstić information content (AvgIpc) is 2.60. The summed E-state index contributed by atoms with van der Waals surface area (Å²) in [6.07, 6.45) is 2.06. The van der Waals surface area contributed by atoms with E-state index in [1.807, 2.05) is 0 Å². The predicted molar refractivity (Wildman–Crippen MR) is 71.7 cm³/mol. The van der Waals surface area contributed by atoms with E-state index in [9.17, 15) is 4.79 Å². The van der Waals surface area contributed by atoms with Gasteiger partial charge in [0.1, 0.15) is 0 Å².